The molecule has 2 heterocycles. The third-order valence-corrected chi connectivity index (χ3v) is 6.63. The molecule has 0 saturated carbocycles. The molecule has 3 rings (SSSR count). The van der Waals surface area contributed by atoms with Crippen LogP contribution in [0.1, 0.15) is 39.5 Å². The number of rotatable bonds is 7. The fraction of sp³-hybridized carbons (Fsp3) is 0.571. The Kier molecular flexibility index (Phi) is 8.07. The summed E-state index contributed by atoms with van der Waals surface area (Å²) in [6.45, 7) is 9.36. The summed E-state index contributed by atoms with van der Waals surface area (Å²) < 4.78 is 5.63. The van der Waals surface area contributed by atoms with E-state index in [2.05, 4.69) is 41.1 Å². The summed E-state index contributed by atoms with van der Waals surface area (Å²) in [4.78, 5) is 19.2. The maximum atomic E-state index is 12.6. The van der Waals surface area contributed by atoms with Crippen molar-refractivity contribution in [3.8, 4) is 11.4 Å². The van der Waals surface area contributed by atoms with Crippen LogP contribution >= 0.6 is 35.0 Å². The lowest BCUT2D eigenvalue weighted by molar-refractivity contribution is -0.126. The molecule has 0 aliphatic carbocycles. The topological polar surface area (TPSA) is 71.3 Å². The van der Waals surface area contributed by atoms with Crippen LogP contribution in [0.2, 0.25) is 10.0 Å². The van der Waals surface area contributed by atoms with E-state index in [0.717, 1.165) is 25.1 Å². The van der Waals surface area contributed by atoms with Gasteiger partial charge in [0, 0.05) is 34.2 Å². The molecule has 1 fully saturated rings. The second kappa shape index (κ2) is 10.4. The third kappa shape index (κ3) is 6.87. The zero-order valence-corrected chi connectivity index (χ0v) is 19.9. The average Bonchev–Trinajstić information content (AvgIpc) is 3.12. The molecule has 0 radical (unpaired) electrons. The number of hydrogen-bond acceptors (Lipinski definition) is 6. The number of carbonyl (C=O) groups excluding carboxylic acids is 1. The van der Waals surface area contributed by atoms with Crippen LogP contribution in [0.4, 0.5) is 0 Å². The van der Waals surface area contributed by atoms with Gasteiger partial charge in [-0.15, -0.1) is 0 Å². The molecule has 1 saturated heterocycles. The van der Waals surface area contributed by atoms with E-state index in [4.69, 9.17) is 27.7 Å². The molecule has 6 nitrogen and oxygen atoms in total. The average molecular weight is 471 g/mol. The molecule has 1 N–H and O–H groups in total. The Hall–Kier alpha value is -1.28. The van der Waals surface area contributed by atoms with E-state index >= 15 is 0 Å². The lowest BCUT2D eigenvalue weighted by Gasteiger charge is -2.31. The van der Waals surface area contributed by atoms with Crippen molar-refractivity contribution in [2.24, 2.45) is 5.92 Å². The standard InChI is InChI=1S/C21H28Cl2N4O2S/c1-21(2,3)30-10-8-24-20(28)14-5-4-9-27(12-14)13-18-25-19(26-29-18)16-7-6-15(22)11-17(16)23/h6-7,11,14H,4-5,8-10,12-13H2,1-3H3,(H,24,28). The summed E-state index contributed by atoms with van der Waals surface area (Å²) in [5.74, 6) is 2.00. The molecule has 1 aliphatic rings. The van der Waals surface area contributed by atoms with Crippen molar-refractivity contribution in [1.82, 2.24) is 20.4 Å². The molecule has 1 atom stereocenters. The Morgan fingerprint density at radius 3 is 2.90 bits per heavy atom. The van der Waals surface area contributed by atoms with Crippen molar-refractivity contribution in [1.29, 1.82) is 0 Å². The molecule has 1 aromatic carbocycles. The van der Waals surface area contributed by atoms with E-state index in [-0.39, 0.29) is 16.6 Å². The van der Waals surface area contributed by atoms with E-state index in [1.807, 2.05) is 11.8 Å². The van der Waals surface area contributed by atoms with Crippen LogP contribution in [-0.4, -0.2) is 51.1 Å². The molecule has 30 heavy (non-hydrogen) atoms. The van der Waals surface area contributed by atoms with E-state index < -0.39 is 0 Å². The van der Waals surface area contributed by atoms with Gasteiger partial charge in [-0.3, -0.25) is 9.69 Å². The fourth-order valence-electron chi connectivity index (χ4n) is 3.38. The highest BCUT2D eigenvalue weighted by Gasteiger charge is 2.27. The Morgan fingerprint density at radius 2 is 2.17 bits per heavy atom. The maximum Gasteiger partial charge on any atom is 0.241 e. The van der Waals surface area contributed by atoms with Gasteiger partial charge in [0.2, 0.25) is 17.6 Å². The molecule has 0 spiro atoms. The number of piperidine rings is 1. The highest BCUT2D eigenvalue weighted by atomic mass is 35.5. The summed E-state index contributed by atoms with van der Waals surface area (Å²) >= 11 is 14.0. The predicted molar refractivity (Wildman–Crippen MR) is 123 cm³/mol. The zero-order valence-electron chi connectivity index (χ0n) is 17.6. The van der Waals surface area contributed by atoms with Gasteiger partial charge in [-0.05, 0) is 37.6 Å². The second-order valence-electron chi connectivity index (χ2n) is 8.46. The van der Waals surface area contributed by atoms with E-state index in [1.165, 1.54) is 0 Å². The summed E-state index contributed by atoms with van der Waals surface area (Å²) in [6.07, 6.45) is 1.88. The smallest absolute Gasteiger partial charge is 0.241 e. The first-order chi connectivity index (χ1) is 14.2. The first-order valence-electron chi connectivity index (χ1n) is 10.1. The molecule has 9 heteroatoms. The number of nitrogens with one attached hydrogen (secondary N) is 1. The number of benzene rings is 1. The monoisotopic (exact) mass is 470 g/mol. The predicted octanol–water partition coefficient (Wildman–Crippen LogP) is 4.90. The molecular formula is C21H28Cl2N4O2S. The van der Waals surface area contributed by atoms with E-state index in [0.29, 0.717) is 47.0 Å². The van der Waals surface area contributed by atoms with E-state index in [9.17, 15) is 4.79 Å². The minimum Gasteiger partial charge on any atom is -0.355 e. The Balaban J connectivity index is 1.51. The number of aromatic nitrogens is 2. The highest BCUT2D eigenvalue weighted by Crippen LogP contribution is 2.29. The minimum absolute atomic E-state index is 0.00788. The van der Waals surface area contributed by atoms with Crippen LogP contribution in [0.3, 0.4) is 0 Å². The van der Waals surface area contributed by atoms with Crippen molar-refractivity contribution >= 4 is 40.9 Å². The van der Waals surface area contributed by atoms with Crippen molar-refractivity contribution < 1.29 is 9.32 Å². The highest BCUT2D eigenvalue weighted by molar-refractivity contribution is 8.00. The van der Waals surface area contributed by atoms with Crippen LogP contribution < -0.4 is 5.32 Å². The number of likely N-dealkylation sites (tertiary alicyclic amines) is 1. The van der Waals surface area contributed by atoms with Gasteiger partial charge in [-0.2, -0.15) is 16.7 Å². The van der Waals surface area contributed by atoms with Crippen LogP contribution in [0.15, 0.2) is 22.7 Å². The zero-order chi connectivity index (χ0) is 21.7. The Bertz CT molecular complexity index is 869. The van der Waals surface area contributed by atoms with Crippen molar-refractivity contribution in [3.63, 3.8) is 0 Å². The first kappa shape index (κ1) is 23.4. The SMILES string of the molecule is CC(C)(C)SCCNC(=O)C1CCCN(Cc2nc(-c3ccc(Cl)cc3Cl)no2)C1. The molecule has 0 bridgehead atoms. The molecule has 1 unspecified atom stereocenters. The number of nitrogens with zero attached hydrogens (tertiary/aromatic N) is 3. The quantitative estimate of drug-likeness (QED) is 0.579. The molecule has 1 amide bonds. The molecular weight excluding hydrogens is 443 g/mol. The van der Waals surface area contributed by atoms with Crippen LogP contribution in [0.5, 0.6) is 0 Å². The summed E-state index contributed by atoms with van der Waals surface area (Å²) in [5, 5.41) is 8.17. The van der Waals surface area contributed by atoms with Crippen LogP contribution in [0.25, 0.3) is 11.4 Å². The molecule has 1 aromatic heterocycles. The number of amides is 1. The largest absolute Gasteiger partial charge is 0.355 e. The number of thioether (sulfide) groups is 1. The van der Waals surface area contributed by atoms with Gasteiger partial charge in [0.05, 0.1) is 17.5 Å². The van der Waals surface area contributed by atoms with Crippen LogP contribution in [-0.2, 0) is 11.3 Å². The number of halogens is 2. The summed E-state index contributed by atoms with van der Waals surface area (Å²) in [5.41, 5.74) is 0.681. The van der Waals surface area contributed by atoms with Gasteiger partial charge in [0.25, 0.3) is 0 Å². The van der Waals surface area contributed by atoms with Crippen molar-refractivity contribution in [2.45, 2.75) is 44.9 Å². The third-order valence-electron chi connectivity index (χ3n) is 4.81. The maximum absolute atomic E-state index is 12.6. The minimum atomic E-state index is -0.00788. The van der Waals surface area contributed by atoms with Crippen LogP contribution in [0, 0.1) is 5.92 Å². The number of hydrogen-bond donors (Lipinski definition) is 1. The van der Waals surface area contributed by atoms with E-state index in [1.54, 1.807) is 18.2 Å². The summed E-state index contributed by atoms with van der Waals surface area (Å²) in [7, 11) is 0. The van der Waals surface area contributed by atoms with Crippen molar-refractivity contribution in [3.05, 3.63) is 34.1 Å². The second-order valence-corrected chi connectivity index (χ2v) is 11.2. The van der Waals surface area contributed by atoms with Gasteiger partial charge in [0.15, 0.2) is 0 Å². The Labute approximate surface area is 192 Å². The van der Waals surface area contributed by atoms with Gasteiger partial charge < -0.3 is 9.84 Å². The van der Waals surface area contributed by atoms with Gasteiger partial charge in [-0.1, -0.05) is 49.1 Å². The lowest BCUT2D eigenvalue weighted by atomic mass is 9.97. The number of carbonyl (C=O) groups is 1. The first-order valence-corrected chi connectivity index (χ1v) is 11.9. The van der Waals surface area contributed by atoms with Crippen molar-refractivity contribution in [2.75, 3.05) is 25.4 Å². The van der Waals surface area contributed by atoms with Gasteiger partial charge in [0.1, 0.15) is 0 Å². The molecule has 164 valence electrons. The molecule has 2 aromatic rings. The summed E-state index contributed by atoms with van der Waals surface area (Å²) in [6, 6.07) is 5.17. The molecule has 1 aliphatic heterocycles. The fourth-order valence-corrected chi connectivity index (χ4v) is 4.69. The normalized spacial score (nSPS) is 17.8. The Morgan fingerprint density at radius 1 is 1.37 bits per heavy atom. The van der Waals surface area contributed by atoms with Gasteiger partial charge >= 0.3 is 0 Å². The lowest BCUT2D eigenvalue weighted by Crippen LogP contribution is -2.43. The van der Waals surface area contributed by atoms with Gasteiger partial charge in [-0.25, -0.2) is 0 Å².